The Labute approximate surface area is 156 Å². The van der Waals surface area contributed by atoms with Crippen LogP contribution in [0.5, 0.6) is 0 Å². The molecule has 1 aliphatic rings. The van der Waals surface area contributed by atoms with E-state index in [1.807, 2.05) is 25.1 Å². The first-order chi connectivity index (χ1) is 12.0. The summed E-state index contributed by atoms with van der Waals surface area (Å²) in [5.74, 6) is -0.191. The van der Waals surface area contributed by atoms with Gasteiger partial charge in [0.1, 0.15) is 0 Å². The molecule has 0 spiro atoms. The van der Waals surface area contributed by atoms with E-state index < -0.39 is 0 Å². The topological polar surface area (TPSA) is 49.4 Å². The number of carbonyl (C=O) groups excluding carboxylic acids is 2. The van der Waals surface area contributed by atoms with Crippen LogP contribution in [0.2, 0.25) is 10.0 Å². The quantitative estimate of drug-likeness (QED) is 0.846. The van der Waals surface area contributed by atoms with E-state index in [2.05, 4.69) is 5.32 Å². The van der Waals surface area contributed by atoms with Gasteiger partial charge in [0.2, 0.25) is 5.91 Å². The van der Waals surface area contributed by atoms with Gasteiger partial charge in [-0.05, 0) is 49.2 Å². The first kappa shape index (κ1) is 17.8. The molecule has 4 nitrogen and oxygen atoms in total. The van der Waals surface area contributed by atoms with Crippen LogP contribution in [0.3, 0.4) is 0 Å². The van der Waals surface area contributed by atoms with Crippen molar-refractivity contribution in [2.24, 2.45) is 0 Å². The van der Waals surface area contributed by atoms with Gasteiger partial charge in [-0.1, -0.05) is 35.3 Å². The van der Waals surface area contributed by atoms with Crippen LogP contribution in [-0.2, 0) is 4.79 Å². The molecule has 1 unspecified atom stereocenters. The summed E-state index contributed by atoms with van der Waals surface area (Å²) in [7, 11) is 0. The number of anilines is 1. The van der Waals surface area contributed by atoms with Gasteiger partial charge >= 0.3 is 0 Å². The zero-order chi connectivity index (χ0) is 18.0. The molecule has 3 rings (SSSR count). The van der Waals surface area contributed by atoms with Crippen molar-refractivity contribution in [2.75, 3.05) is 11.4 Å². The van der Waals surface area contributed by atoms with Crippen LogP contribution in [0.4, 0.5) is 5.69 Å². The van der Waals surface area contributed by atoms with Crippen molar-refractivity contribution in [1.29, 1.82) is 0 Å². The lowest BCUT2D eigenvalue weighted by atomic mass is 10.1. The maximum absolute atomic E-state index is 12.6. The number of rotatable bonds is 4. The molecule has 0 aromatic heterocycles. The Morgan fingerprint density at radius 3 is 2.68 bits per heavy atom. The zero-order valence-corrected chi connectivity index (χ0v) is 15.3. The number of hydrogen-bond acceptors (Lipinski definition) is 2. The summed E-state index contributed by atoms with van der Waals surface area (Å²) in [5.41, 5.74) is 1.98. The summed E-state index contributed by atoms with van der Waals surface area (Å²) in [5, 5.41) is 4.04. The van der Waals surface area contributed by atoms with Crippen LogP contribution >= 0.6 is 23.2 Å². The normalized spacial score (nSPS) is 15.3. The van der Waals surface area contributed by atoms with E-state index in [4.69, 9.17) is 23.2 Å². The maximum atomic E-state index is 12.6. The minimum atomic E-state index is -0.225. The summed E-state index contributed by atoms with van der Waals surface area (Å²) in [4.78, 5) is 26.2. The number of carbonyl (C=O) groups is 2. The van der Waals surface area contributed by atoms with Gasteiger partial charge < -0.3 is 10.2 Å². The van der Waals surface area contributed by atoms with Crippen LogP contribution in [0.1, 0.15) is 41.7 Å². The van der Waals surface area contributed by atoms with Gasteiger partial charge in [-0.3, -0.25) is 9.59 Å². The van der Waals surface area contributed by atoms with E-state index in [0.29, 0.717) is 34.3 Å². The highest BCUT2D eigenvalue weighted by molar-refractivity contribution is 6.34. The SMILES string of the molecule is CC(NC(=O)c1ccc(Cl)c(N2CCCC2=O)c1)c1cccc(Cl)c1. The number of benzene rings is 2. The second-order valence-electron chi connectivity index (χ2n) is 6.07. The Morgan fingerprint density at radius 1 is 1.20 bits per heavy atom. The highest BCUT2D eigenvalue weighted by atomic mass is 35.5. The highest BCUT2D eigenvalue weighted by Crippen LogP contribution is 2.30. The summed E-state index contributed by atoms with van der Waals surface area (Å²) in [6, 6.07) is 12.2. The first-order valence-electron chi connectivity index (χ1n) is 8.12. The van der Waals surface area contributed by atoms with Crippen molar-refractivity contribution in [3.8, 4) is 0 Å². The zero-order valence-electron chi connectivity index (χ0n) is 13.8. The molecule has 0 aliphatic carbocycles. The van der Waals surface area contributed by atoms with Crippen molar-refractivity contribution >= 4 is 40.7 Å². The molecule has 130 valence electrons. The molecule has 1 heterocycles. The number of nitrogens with zero attached hydrogens (tertiary/aromatic N) is 1. The molecule has 1 N–H and O–H groups in total. The van der Waals surface area contributed by atoms with Gasteiger partial charge in [-0.25, -0.2) is 0 Å². The first-order valence-corrected chi connectivity index (χ1v) is 8.87. The molecule has 2 aromatic rings. The average molecular weight is 377 g/mol. The molecule has 0 radical (unpaired) electrons. The van der Waals surface area contributed by atoms with Gasteiger partial charge in [0, 0.05) is 23.6 Å². The van der Waals surface area contributed by atoms with Gasteiger partial charge in [-0.15, -0.1) is 0 Å². The Hall–Kier alpha value is -2.04. The van der Waals surface area contributed by atoms with Crippen molar-refractivity contribution in [1.82, 2.24) is 5.32 Å². The standard InChI is InChI=1S/C19H18Cl2N2O2/c1-12(13-4-2-5-15(20)10-13)22-19(25)14-7-8-16(21)17(11-14)23-9-3-6-18(23)24/h2,4-5,7-8,10-12H,3,6,9H2,1H3,(H,22,25). The van der Waals surface area contributed by atoms with Crippen LogP contribution in [0.25, 0.3) is 0 Å². The smallest absolute Gasteiger partial charge is 0.251 e. The van der Waals surface area contributed by atoms with E-state index in [-0.39, 0.29) is 17.9 Å². The second-order valence-corrected chi connectivity index (χ2v) is 6.91. The van der Waals surface area contributed by atoms with E-state index in [1.165, 1.54) is 0 Å². The molecule has 25 heavy (non-hydrogen) atoms. The molecular weight excluding hydrogens is 359 g/mol. The Bertz CT molecular complexity index is 823. The third-order valence-electron chi connectivity index (χ3n) is 4.27. The minimum absolute atomic E-state index is 0.0340. The monoisotopic (exact) mass is 376 g/mol. The van der Waals surface area contributed by atoms with Crippen molar-refractivity contribution in [2.45, 2.75) is 25.8 Å². The molecule has 2 amide bonds. The van der Waals surface area contributed by atoms with Gasteiger partial charge in [0.05, 0.1) is 16.8 Å². The number of hydrogen-bond donors (Lipinski definition) is 1. The Kier molecular flexibility index (Phi) is 5.30. The third kappa shape index (κ3) is 3.97. The lowest BCUT2D eigenvalue weighted by Gasteiger charge is -2.19. The largest absolute Gasteiger partial charge is 0.346 e. The van der Waals surface area contributed by atoms with E-state index in [0.717, 1.165) is 12.0 Å². The predicted octanol–water partition coefficient (Wildman–Crippen LogP) is 4.61. The number of halogens is 2. The van der Waals surface area contributed by atoms with Gasteiger partial charge in [-0.2, -0.15) is 0 Å². The van der Waals surface area contributed by atoms with Crippen molar-refractivity contribution in [3.63, 3.8) is 0 Å². The molecule has 1 fully saturated rings. The fourth-order valence-corrected chi connectivity index (χ4v) is 3.32. The van der Waals surface area contributed by atoms with E-state index in [1.54, 1.807) is 29.2 Å². The average Bonchev–Trinajstić information content (AvgIpc) is 3.01. The third-order valence-corrected chi connectivity index (χ3v) is 4.82. The van der Waals surface area contributed by atoms with E-state index in [9.17, 15) is 9.59 Å². The lowest BCUT2D eigenvalue weighted by molar-refractivity contribution is -0.117. The predicted molar refractivity (Wildman–Crippen MR) is 100 cm³/mol. The molecular formula is C19H18Cl2N2O2. The van der Waals surface area contributed by atoms with Gasteiger partial charge in [0.25, 0.3) is 5.91 Å². The Morgan fingerprint density at radius 2 is 2.00 bits per heavy atom. The fourth-order valence-electron chi connectivity index (χ4n) is 2.90. The summed E-state index contributed by atoms with van der Waals surface area (Å²) in [6.45, 7) is 2.52. The van der Waals surface area contributed by atoms with Crippen molar-refractivity contribution < 1.29 is 9.59 Å². The number of nitrogens with one attached hydrogen (secondary N) is 1. The van der Waals surface area contributed by atoms with Crippen LogP contribution in [0.15, 0.2) is 42.5 Å². The van der Waals surface area contributed by atoms with E-state index >= 15 is 0 Å². The molecule has 0 saturated carbocycles. The van der Waals surface area contributed by atoms with Crippen molar-refractivity contribution in [3.05, 3.63) is 63.6 Å². The summed E-state index contributed by atoms with van der Waals surface area (Å²) in [6.07, 6.45) is 1.32. The summed E-state index contributed by atoms with van der Waals surface area (Å²) < 4.78 is 0. The second kappa shape index (κ2) is 7.46. The minimum Gasteiger partial charge on any atom is -0.346 e. The lowest BCUT2D eigenvalue weighted by Crippen LogP contribution is -2.28. The van der Waals surface area contributed by atoms with Crippen LogP contribution in [0, 0.1) is 0 Å². The highest BCUT2D eigenvalue weighted by Gasteiger charge is 2.24. The molecule has 1 atom stereocenters. The van der Waals surface area contributed by atoms with Crippen LogP contribution in [-0.4, -0.2) is 18.4 Å². The fraction of sp³-hybridized carbons (Fsp3) is 0.263. The van der Waals surface area contributed by atoms with Gasteiger partial charge in [0.15, 0.2) is 0 Å². The molecule has 1 saturated heterocycles. The number of amides is 2. The maximum Gasteiger partial charge on any atom is 0.251 e. The molecule has 1 aliphatic heterocycles. The van der Waals surface area contributed by atoms with Crippen LogP contribution < -0.4 is 10.2 Å². The Balaban J connectivity index is 1.79. The molecule has 6 heteroatoms. The molecule has 2 aromatic carbocycles. The summed E-state index contributed by atoms with van der Waals surface area (Å²) >= 11 is 12.2. The molecule has 0 bridgehead atoms.